The SMILES string of the molecule is CCOC(=O)c1c(NC(=O)C(C#N)=Cc2ccc(F)cc2)sc2c1CCCC2. The Morgan fingerprint density at radius 3 is 2.68 bits per heavy atom. The van der Waals surface area contributed by atoms with Crippen LogP contribution in [0.1, 0.15) is 46.1 Å². The predicted octanol–water partition coefficient (Wildman–Crippen LogP) is 4.49. The molecule has 28 heavy (non-hydrogen) atoms. The highest BCUT2D eigenvalue weighted by Gasteiger charge is 2.27. The molecule has 0 spiro atoms. The fraction of sp³-hybridized carbons (Fsp3) is 0.286. The largest absolute Gasteiger partial charge is 0.462 e. The molecule has 0 unspecified atom stereocenters. The highest BCUT2D eigenvalue weighted by Crippen LogP contribution is 2.38. The molecular formula is C21H19FN2O3S. The predicted molar refractivity (Wildman–Crippen MR) is 106 cm³/mol. The van der Waals surface area contributed by atoms with Gasteiger partial charge in [0.25, 0.3) is 5.91 Å². The number of nitrogens with one attached hydrogen (secondary N) is 1. The Hall–Kier alpha value is -2.98. The van der Waals surface area contributed by atoms with Crippen LogP contribution in [0.2, 0.25) is 0 Å². The van der Waals surface area contributed by atoms with Gasteiger partial charge in [-0.25, -0.2) is 9.18 Å². The number of benzene rings is 1. The monoisotopic (exact) mass is 398 g/mol. The first-order chi connectivity index (χ1) is 13.5. The van der Waals surface area contributed by atoms with Crippen LogP contribution in [-0.4, -0.2) is 18.5 Å². The van der Waals surface area contributed by atoms with Crippen molar-refractivity contribution in [3.8, 4) is 6.07 Å². The summed E-state index contributed by atoms with van der Waals surface area (Å²) in [6, 6.07) is 7.33. The smallest absolute Gasteiger partial charge is 0.341 e. The Bertz CT molecular complexity index is 971. The number of amides is 1. The molecule has 3 rings (SSSR count). The summed E-state index contributed by atoms with van der Waals surface area (Å²) in [6.07, 6.45) is 5.03. The fourth-order valence-corrected chi connectivity index (χ4v) is 4.39. The van der Waals surface area contributed by atoms with Crippen LogP contribution in [0.5, 0.6) is 0 Å². The maximum Gasteiger partial charge on any atom is 0.341 e. The van der Waals surface area contributed by atoms with Gasteiger partial charge >= 0.3 is 5.97 Å². The Labute approximate surface area is 166 Å². The second kappa shape index (κ2) is 8.81. The molecule has 1 aliphatic carbocycles. The number of esters is 1. The molecule has 1 aliphatic rings. The average molecular weight is 398 g/mol. The molecule has 5 nitrogen and oxygen atoms in total. The molecule has 1 aromatic carbocycles. The molecule has 0 fully saturated rings. The van der Waals surface area contributed by atoms with Crippen LogP contribution in [0.4, 0.5) is 9.39 Å². The molecular weight excluding hydrogens is 379 g/mol. The average Bonchev–Trinajstić information content (AvgIpc) is 3.05. The Morgan fingerprint density at radius 2 is 2.00 bits per heavy atom. The van der Waals surface area contributed by atoms with E-state index in [0.29, 0.717) is 16.1 Å². The van der Waals surface area contributed by atoms with Gasteiger partial charge in [-0.05, 0) is 61.9 Å². The van der Waals surface area contributed by atoms with E-state index in [1.807, 2.05) is 6.07 Å². The number of aryl methyl sites for hydroxylation is 1. The molecule has 1 N–H and O–H groups in total. The van der Waals surface area contributed by atoms with Crippen molar-refractivity contribution < 1.29 is 18.7 Å². The molecule has 1 aromatic heterocycles. The van der Waals surface area contributed by atoms with Crippen LogP contribution < -0.4 is 5.32 Å². The van der Waals surface area contributed by atoms with E-state index in [1.165, 1.54) is 41.7 Å². The number of fused-ring (bicyclic) bond motifs is 1. The van der Waals surface area contributed by atoms with E-state index in [1.54, 1.807) is 6.92 Å². The first kappa shape index (κ1) is 19.8. The van der Waals surface area contributed by atoms with Gasteiger partial charge < -0.3 is 10.1 Å². The van der Waals surface area contributed by atoms with Gasteiger partial charge in [0, 0.05) is 4.88 Å². The molecule has 0 aliphatic heterocycles. The third-order valence-corrected chi connectivity index (χ3v) is 5.63. The highest BCUT2D eigenvalue weighted by atomic mass is 32.1. The lowest BCUT2D eigenvalue weighted by atomic mass is 9.95. The molecule has 0 atom stereocenters. The summed E-state index contributed by atoms with van der Waals surface area (Å²) in [4.78, 5) is 26.2. The van der Waals surface area contributed by atoms with Crippen molar-refractivity contribution in [2.75, 3.05) is 11.9 Å². The summed E-state index contributed by atoms with van der Waals surface area (Å²) in [5.74, 6) is -1.47. The minimum atomic E-state index is -0.615. The van der Waals surface area contributed by atoms with Gasteiger partial charge in [-0.15, -0.1) is 11.3 Å². The number of hydrogen-bond acceptors (Lipinski definition) is 5. The Morgan fingerprint density at radius 1 is 1.29 bits per heavy atom. The number of thiophene rings is 1. The third kappa shape index (κ3) is 4.29. The number of halogens is 1. The van der Waals surface area contributed by atoms with Gasteiger partial charge in [0.15, 0.2) is 0 Å². The lowest BCUT2D eigenvalue weighted by molar-refractivity contribution is -0.112. The van der Waals surface area contributed by atoms with Gasteiger partial charge in [0.1, 0.15) is 22.5 Å². The van der Waals surface area contributed by atoms with Gasteiger partial charge in [-0.3, -0.25) is 4.79 Å². The maximum absolute atomic E-state index is 13.0. The van der Waals surface area contributed by atoms with Gasteiger partial charge in [-0.1, -0.05) is 12.1 Å². The Kier molecular flexibility index (Phi) is 6.22. The zero-order valence-electron chi connectivity index (χ0n) is 15.4. The van der Waals surface area contributed by atoms with Crippen LogP contribution in [0.15, 0.2) is 29.8 Å². The minimum absolute atomic E-state index is 0.132. The van der Waals surface area contributed by atoms with Crippen LogP contribution >= 0.6 is 11.3 Å². The van der Waals surface area contributed by atoms with Crippen LogP contribution in [0.3, 0.4) is 0 Å². The molecule has 7 heteroatoms. The first-order valence-electron chi connectivity index (χ1n) is 9.03. The molecule has 1 heterocycles. The topological polar surface area (TPSA) is 79.2 Å². The fourth-order valence-electron chi connectivity index (χ4n) is 3.12. The third-order valence-electron chi connectivity index (χ3n) is 4.42. The van der Waals surface area contributed by atoms with E-state index in [0.717, 1.165) is 36.1 Å². The standard InChI is InChI=1S/C21H19FN2O3S/c1-2-27-21(26)18-16-5-3-4-6-17(16)28-20(18)24-19(25)14(12-23)11-13-7-9-15(22)10-8-13/h7-11H,2-6H2,1H3,(H,24,25). The van der Waals surface area contributed by atoms with Gasteiger partial charge in [0.05, 0.1) is 12.2 Å². The van der Waals surface area contributed by atoms with Crippen molar-refractivity contribution >= 4 is 34.3 Å². The zero-order chi connectivity index (χ0) is 20.1. The van der Waals surface area contributed by atoms with Crippen molar-refractivity contribution in [2.24, 2.45) is 0 Å². The van der Waals surface area contributed by atoms with Crippen LogP contribution in [-0.2, 0) is 22.4 Å². The van der Waals surface area contributed by atoms with Crippen molar-refractivity contribution in [3.63, 3.8) is 0 Å². The number of nitriles is 1. The van der Waals surface area contributed by atoms with Crippen molar-refractivity contribution in [1.29, 1.82) is 5.26 Å². The molecule has 0 radical (unpaired) electrons. The summed E-state index contributed by atoms with van der Waals surface area (Å²) in [5.41, 5.74) is 1.73. The summed E-state index contributed by atoms with van der Waals surface area (Å²) < 4.78 is 18.2. The number of ether oxygens (including phenoxy) is 1. The molecule has 0 saturated heterocycles. The lowest BCUT2D eigenvalue weighted by Crippen LogP contribution is -2.16. The van der Waals surface area contributed by atoms with Crippen molar-refractivity contribution in [2.45, 2.75) is 32.6 Å². The van der Waals surface area contributed by atoms with Crippen LogP contribution in [0, 0.1) is 17.1 Å². The molecule has 0 saturated carbocycles. The van der Waals surface area contributed by atoms with Crippen molar-refractivity contribution in [1.82, 2.24) is 0 Å². The van der Waals surface area contributed by atoms with Gasteiger partial charge in [0.2, 0.25) is 0 Å². The molecule has 144 valence electrons. The molecule has 2 aromatic rings. The molecule has 1 amide bonds. The van der Waals surface area contributed by atoms with Crippen molar-refractivity contribution in [3.05, 3.63) is 57.2 Å². The number of anilines is 1. The minimum Gasteiger partial charge on any atom is -0.462 e. The number of rotatable bonds is 5. The van der Waals surface area contributed by atoms with E-state index >= 15 is 0 Å². The summed E-state index contributed by atoms with van der Waals surface area (Å²) in [6.45, 7) is 1.97. The summed E-state index contributed by atoms with van der Waals surface area (Å²) in [7, 11) is 0. The second-order valence-electron chi connectivity index (χ2n) is 6.31. The highest BCUT2D eigenvalue weighted by molar-refractivity contribution is 7.17. The van der Waals surface area contributed by atoms with E-state index in [-0.39, 0.29) is 12.2 Å². The van der Waals surface area contributed by atoms with Gasteiger partial charge in [-0.2, -0.15) is 5.26 Å². The van der Waals surface area contributed by atoms with Crippen LogP contribution in [0.25, 0.3) is 6.08 Å². The number of carbonyl (C=O) groups is 2. The quantitative estimate of drug-likeness (QED) is 0.457. The second-order valence-corrected chi connectivity index (χ2v) is 7.42. The summed E-state index contributed by atoms with van der Waals surface area (Å²) >= 11 is 1.36. The lowest BCUT2D eigenvalue weighted by Gasteiger charge is -2.12. The first-order valence-corrected chi connectivity index (χ1v) is 9.85. The van der Waals surface area contributed by atoms with E-state index in [4.69, 9.17) is 4.74 Å². The maximum atomic E-state index is 13.0. The zero-order valence-corrected chi connectivity index (χ0v) is 16.2. The van der Waals surface area contributed by atoms with E-state index in [9.17, 15) is 19.2 Å². The molecule has 0 bridgehead atoms. The number of hydrogen-bond donors (Lipinski definition) is 1. The van der Waals surface area contributed by atoms with E-state index in [2.05, 4.69) is 5.32 Å². The summed E-state index contributed by atoms with van der Waals surface area (Å²) in [5, 5.41) is 12.5. The normalized spacial score (nSPS) is 13.4. The number of carbonyl (C=O) groups excluding carboxylic acids is 2. The van der Waals surface area contributed by atoms with E-state index < -0.39 is 17.7 Å². The Balaban J connectivity index is 1.90. The number of nitrogens with zero attached hydrogens (tertiary/aromatic N) is 1.